The van der Waals surface area contributed by atoms with Crippen LogP contribution in [-0.2, 0) is 34.5 Å². The summed E-state index contributed by atoms with van der Waals surface area (Å²) in [6, 6.07) is 0. The van der Waals surface area contributed by atoms with Gasteiger partial charge in [0.1, 0.15) is 0 Å². The van der Waals surface area contributed by atoms with Crippen LogP contribution in [0.5, 0.6) is 0 Å². The van der Waals surface area contributed by atoms with E-state index in [-0.39, 0.29) is 44.2 Å². The molecule has 0 aromatic heterocycles. The topological polar surface area (TPSA) is 103 Å². The van der Waals surface area contributed by atoms with Gasteiger partial charge < -0.3 is 15.7 Å². The second-order valence-electron chi connectivity index (χ2n) is 1.64. The molecular weight excluding hydrogens is 205 g/mol. The van der Waals surface area contributed by atoms with E-state index in [2.05, 4.69) is 0 Å². The van der Waals surface area contributed by atoms with E-state index in [1.807, 2.05) is 0 Å². The molecule has 0 heterocycles. The van der Waals surface area contributed by atoms with Crippen molar-refractivity contribution in [3.8, 4) is 0 Å². The largest absolute Gasteiger partial charge is 2.00 e. The van der Waals surface area contributed by atoms with Gasteiger partial charge in [0.05, 0.1) is 0 Å². The summed E-state index contributed by atoms with van der Waals surface area (Å²) in [4.78, 5) is 19.6. The van der Waals surface area contributed by atoms with Crippen LogP contribution in [0.25, 0.3) is 0 Å². The minimum Gasteiger partial charge on any atom is -2.00 e. The van der Waals surface area contributed by atoms with Crippen molar-refractivity contribution in [2.24, 2.45) is 0 Å². The van der Waals surface area contributed by atoms with Crippen LogP contribution in [0.1, 0.15) is 19.3 Å². The van der Waals surface area contributed by atoms with Gasteiger partial charge in [-0.15, -0.1) is 0 Å². The molecule has 0 saturated carbocycles. The predicted octanol–water partition coefficient (Wildman–Crippen LogP) is 0.205. The molecule has 6 heteroatoms. The molecular formula is C5H8O5Zn. The number of hydrogen-bond donors (Lipinski definition) is 2. The molecule has 0 radical (unpaired) electrons. The third-order valence-corrected chi connectivity index (χ3v) is 0.781. The van der Waals surface area contributed by atoms with Gasteiger partial charge in [-0.05, 0) is 6.42 Å². The molecule has 0 unspecified atom stereocenters. The summed E-state index contributed by atoms with van der Waals surface area (Å²) < 4.78 is 0. The molecule has 11 heavy (non-hydrogen) atoms. The van der Waals surface area contributed by atoms with Crippen LogP contribution in [0.2, 0.25) is 0 Å². The van der Waals surface area contributed by atoms with Crippen LogP contribution in [0.15, 0.2) is 0 Å². The van der Waals surface area contributed by atoms with Crippen LogP contribution in [0.4, 0.5) is 0 Å². The fraction of sp³-hybridized carbons (Fsp3) is 0.600. The Morgan fingerprint density at radius 1 is 1.00 bits per heavy atom. The van der Waals surface area contributed by atoms with Crippen LogP contribution >= 0.6 is 0 Å². The Kier molecular flexibility index (Phi) is 14.6. The summed E-state index contributed by atoms with van der Waals surface area (Å²) in [6.07, 6.45) is 0.0866. The molecule has 0 rings (SSSR count). The minimum absolute atomic E-state index is 0. The maximum atomic E-state index is 9.79. The molecule has 0 amide bonds. The van der Waals surface area contributed by atoms with Crippen molar-refractivity contribution in [2.75, 3.05) is 0 Å². The van der Waals surface area contributed by atoms with E-state index < -0.39 is 11.9 Å². The summed E-state index contributed by atoms with van der Waals surface area (Å²) in [6.45, 7) is 0. The van der Waals surface area contributed by atoms with E-state index in [0.29, 0.717) is 0 Å². The molecule has 60 valence electrons. The average Bonchev–Trinajstić information content (AvgIpc) is 1.63. The van der Waals surface area contributed by atoms with Crippen molar-refractivity contribution in [2.45, 2.75) is 19.3 Å². The van der Waals surface area contributed by atoms with E-state index in [1.54, 1.807) is 0 Å². The minimum atomic E-state index is -0.948. The quantitative estimate of drug-likeness (QED) is 0.651. The van der Waals surface area contributed by atoms with E-state index >= 15 is 0 Å². The van der Waals surface area contributed by atoms with Crippen molar-refractivity contribution in [1.29, 1.82) is 0 Å². The Morgan fingerprint density at radius 3 is 1.45 bits per heavy atom. The third kappa shape index (κ3) is 17.7. The molecule has 0 fully saturated rings. The molecule has 0 atom stereocenters. The Labute approximate surface area is 76.5 Å². The summed E-state index contributed by atoms with van der Waals surface area (Å²) >= 11 is 0. The summed E-state index contributed by atoms with van der Waals surface area (Å²) in [5.74, 6) is -1.90. The van der Waals surface area contributed by atoms with Gasteiger partial charge >= 0.3 is 31.4 Å². The number of carbonyl (C=O) groups is 2. The zero-order valence-electron chi connectivity index (χ0n) is 5.95. The fourth-order valence-electron chi connectivity index (χ4n) is 0.391. The normalized spacial score (nSPS) is 7.27. The molecule has 0 aliphatic heterocycles. The zero-order chi connectivity index (χ0) is 7.28. The third-order valence-electron chi connectivity index (χ3n) is 0.781. The van der Waals surface area contributed by atoms with Crippen molar-refractivity contribution in [3.05, 3.63) is 0 Å². The maximum Gasteiger partial charge on any atom is 2.00 e. The first-order chi connectivity index (χ1) is 4.13. The van der Waals surface area contributed by atoms with Crippen LogP contribution in [0, 0.1) is 0 Å². The standard InChI is InChI=1S/C5H8O4.O.Zn/c6-4(7)2-1-3-5(8)9;;/h1-3H2,(H,6,7)(H,8,9);;/q;-2;+2. The van der Waals surface area contributed by atoms with Crippen molar-refractivity contribution < 1.29 is 44.8 Å². The van der Waals surface area contributed by atoms with E-state index in [0.717, 1.165) is 0 Å². The molecule has 0 saturated heterocycles. The van der Waals surface area contributed by atoms with Crippen LogP contribution in [-0.4, -0.2) is 22.2 Å². The molecule has 0 aromatic rings. The fourth-order valence-corrected chi connectivity index (χ4v) is 0.391. The molecule has 2 N–H and O–H groups in total. The van der Waals surface area contributed by atoms with Gasteiger partial charge in [-0.3, -0.25) is 9.59 Å². The van der Waals surface area contributed by atoms with E-state index in [1.165, 1.54) is 0 Å². The van der Waals surface area contributed by atoms with Crippen LogP contribution < -0.4 is 0 Å². The molecule has 5 nitrogen and oxygen atoms in total. The average molecular weight is 214 g/mol. The number of carboxylic acids is 2. The first-order valence-electron chi connectivity index (χ1n) is 2.56. The molecule has 0 aliphatic rings. The SMILES string of the molecule is O=C(O)CCCC(=O)O.[O-2].[Zn+2]. The second kappa shape index (κ2) is 9.52. The van der Waals surface area contributed by atoms with Gasteiger partial charge in [0.25, 0.3) is 0 Å². The number of rotatable bonds is 4. The monoisotopic (exact) mass is 212 g/mol. The van der Waals surface area contributed by atoms with Gasteiger partial charge in [0.2, 0.25) is 0 Å². The van der Waals surface area contributed by atoms with E-state index in [4.69, 9.17) is 10.2 Å². The molecule has 0 aliphatic carbocycles. The second-order valence-corrected chi connectivity index (χ2v) is 1.64. The number of hydrogen-bond acceptors (Lipinski definition) is 2. The molecule has 0 spiro atoms. The number of carboxylic acid groups (broad SMARTS) is 2. The van der Waals surface area contributed by atoms with Gasteiger partial charge in [-0.25, -0.2) is 0 Å². The van der Waals surface area contributed by atoms with E-state index in [9.17, 15) is 9.59 Å². The Hall–Kier alpha value is -0.477. The predicted molar refractivity (Wildman–Crippen MR) is 29.8 cm³/mol. The summed E-state index contributed by atoms with van der Waals surface area (Å²) in [5.41, 5.74) is 0. The van der Waals surface area contributed by atoms with Gasteiger partial charge in [-0.2, -0.15) is 0 Å². The number of aliphatic carboxylic acids is 2. The van der Waals surface area contributed by atoms with Gasteiger partial charge in [0.15, 0.2) is 0 Å². The van der Waals surface area contributed by atoms with Gasteiger partial charge in [-0.1, -0.05) is 0 Å². The Morgan fingerprint density at radius 2 is 1.27 bits per heavy atom. The first kappa shape index (κ1) is 16.9. The Balaban J connectivity index is -0.000000320. The molecule has 0 aromatic carbocycles. The van der Waals surface area contributed by atoms with Gasteiger partial charge in [0, 0.05) is 12.8 Å². The maximum absolute atomic E-state index is 9.79. The van der Waals surface area contributed by atoms with Crippen LogP contribution in [0.3, 0.4) is 0 Å². The zero-order valence-corrected chi connectivity index (χ0v) is 8.91. The van der Waals surface area contributed by atoms with Crippen molar-refractivity contribution >= 4 is 11.9 Å². The van der Waals surface area contributed by atoms with Crippen molar-refractivity contribution in [1.82, 2.24) is 0 Å². The Bertz CT molecular complexity index is 110. The first-order valence-corrected chi connectivity index (χ1v) is 2.56. The summed E-state index contributed by atoms with van der Waals surface area (Å²) in [7, 11) is 0. The smallest absolute Gasteiger partial charge is 2.00 e. The van der Waals surface area contributed by atoms with Crippen molar-refractivity contribution in [3.63, 3.8) is 0 Å². The summed E-state index contributed by atoms with van der Waals surface area (Å²) in [5, 5.41) is 16.1. The molecule has 0 bridgehead atoms.